The fourth-order valence-corrected chi connectivity index (χ4v) is 2.15. The van der Waals surface area contributed by atoms with E-state index in [0.717, 1.165) is 44.1 Å². The monoisotopic (exact) mass is 254 g/mol. The number of carbonyl (C=O) groups excluding carboxylic acids is 2. The summed E-state index contributed by atoms with van der Waals surface area (Å²) in [5.41, 5.74) is 0.789. The van der Waals surface area contributed by atoms with Crippen molar-refractivity contribution in [2.24, 2.45) is 0 Å². The smallest absolute Gasteiger partial charge is 0.305 e. The summed E-state index contributed by atoms with van der Waals surface area (Å²) in [6.45, 7) is 0. The zero-order valence-electron chi connectivity index (χ0n) is 11.0. The van der Waals surface area contributed by atoms with E-state index in [0.29, 0.717) is 6.42 Å². The van der Waals surface area contributed by atoms with Gasteiger partial charge in [0, 0.05) is 12.8 Å². The first-order chi connectivity index (χ1) is 8.63. The maximum atomic E-state index is 11.4. The minimum atomic E-state index is -0.562. The normalized spacial score (nSPS) is 18.9. The first-order valence-electron chi connectivity index (χ1n) is 6.62. The van der Waals surface area contributed by atoms with Gasteiger partial charge in [0.1, 0.15) is 0 Å². The first-order valence-corrected chi connectivity index (χ1v) is 6.62. The minimum absolute atomic E-state index is 0.0909. The number of aliphatic hydroxyl groups excluding tert-OH is 1. The predicted molar refractivity (Wildman–Crippen MR) is 68.0 cm³/mol. The van der Waals surface area contributed by atoms with Gasteiger partial charge in [-0.15, -0.1) is 0 Å². The van der Waals surface area contributed by atoms with E-state index in [9.17, 15) is 14.7 Å². The highest BCUT2D eigenvalue weighted by Gasteiger charge is 2.21. The quantitative estimate of drug-likeness (QED) is 0.532. The van der Waals surface area contributed by atoms with Crippen LogP contribution in [0.15, 0.2) is 11.6 Å². The molecule has 0 aromatic rings. The summed E-state index contributed by atoms with van der Waals surface area (Å²) < 4.78 is 4.56. The molecule has 18 heavy (non-hydrogen) atoms. The van der Waals surface area contributed by atoms with Crippen LogP contribution in [0.25, 0.3) is 0 Å². The molecule has 4 nitrogen and oxygen atoms in total. The van der Waals surface area contributed by atoms with Crippen molar-refractivity contribution in [1.29, 1.82) is 0 Å². The third-order valence-electron chi connectivity index (χ3n) is 3.20. The van der Waals surface area contributed by atoms with E-state index >= 15 is 0 Å². The number of hydrogen-bond acceptors (Lipinski definition) is 4. The van der Waals surface area contributed by atoms with Gasteiger partial charge in [-0.3, -0.25) is 9.59 Å². The van der Waals surface area contributed by atoms with Crippen LogP contribution in [-0.2, 0) is 14.3 Å². The third kappa shape index (κ3) is 5.45. The van der Waals surface area contributed by atoms with Gasteiger partial charge in [0.05, 0.1) is 13.2 Å². The maximum absolute atomic E-state index is 11.4. The number of carbonyl (C=O) groups is 2. The lowest BCUT2D eigenvalue weighted by atomic mass is 10.0. The van der Waals surface area contributed by atoms with Gasteiger partial charge in [0.15, 0.2) is 5.78 Å². The van der Waals surface area contributed by atoms with Crippen molar-refractivity contribution < 1.29 is 19.4 Å². The molecule has 1 aliphatic rings. The molecular formula is C14H22O4. The average molecular weight is 254 g/mol. The van der Waals surface area contributed by atoms with Crippen LogP contribution < -0.4 is 0 Å². The molecule has 1 atom stereocenters. The molecule has 4 heteroatoms. The van der Waals surface area contributed by atoms with E-state index in [1.807, 2.05) is 0 Å². The number of ether oxygens (including phenoxy) is 1. The van der Waals surface area contributed by atoms with E-state index in [4.69, 9.17) is 0 Å². The number of rotatable bonds is 8. The fourth-order valence-electron chi connectivity index (χ4n) is 2.15. The van der Waals surface area contributed by atoms with Crippen LogP contribution in [0.1, 0.15) is 51.4 Å². The Bertz CT molecular complexity index is 320. The second-order valence-electron chi connectivity index (χ2n) is 4.73. The second-order valence-corrected chi connectivity index (χ2v) is 4.73. The van der Waals surface area contributed by atoms with Crippen LogP contribution in [0.4, 0.5) is 0 Å². The van der Waals surface area contributed by atoms with Gasteiger partial charge in [0.25, 0.3) is 0 Å². The van der Waals surface area contributed by atoms with E-state index < -0.39 is 6.10 Å². The van der Waals surface area contributed by atoms with Gasteiger partial charge in [-0.2, -0.15) is 0 Å². The topological polar surface area (TPSA) is 63.6 Å². The van der Waals surface area contributed by atoms with Crippen LogP contribution in [0.2, 0.25) is 0 Å². The fraction of sp³-hybridized carbons (Fsp3) is 0.714. The SMILES string of the molecule is COC(=O)CCCCCCCC1=C[C@@H](O)CC1=O. The highest BCUT2D eigenvalue weighted by molar-refractivity contribution is 5.98. The molecular weight excluding hydrogens is 232 g/mol. The molecule has 0 fully saturated rings. The van der Waals surface area contributed by atoms with E-state index in [1.54, 1.807) is 6.08 Å². The Labute approximate surface area is 108 Å². The molecule has 0 bridgehead atoms. The number of Topliss-reactive ketones (excluding diaryl/α,β-unsaturated/α-hetero) is 1. The van der Waals surface area contributed by atoms with Crippen LogP contribution in [0.3, 0.4) is 0 Å². The highest BCUT2D eigenvalue weighted by atomic mass is 16.5. The molecule has 0 aromatic carbocycles. The summed E-state index contributed by atoms with van der Waals surface area (Å²) in [6, 6.07) is 0. The Kier molecular flexibility index (Phi) is 6.65. The van der Waals surface area contributed by atoms with Gasteiger partial charge < -0.3 is 9.84 Å². The van der Waals surface area contributed by atoms with Crippen LogP contribution >= 0.6 is 0 Å². The molecule has 1 N–H and O–H groups in total. The largest absolute Gasteiger partial charge is 0.469 e. The highest BCUT2D eigenvalue weighted by Crippen LogP contribution is 2.20. The summed E-state index contributed by atoms with van der Waals surface area (Å²) in [4.78, 5) is 22.2. The lowest BCUT2D eigenvalue weighted by molar-refractivity contribution is -0.140. The van der Waals surface area contributed by atoms with Crippen molar-refractivity contribution in [3.05, 3.63) is 11.6 Å². The minimum Gasteiger partial charge on any atom is -0.469 e. The second kappa shape index (κ2) is 8.03. The maximum Gasteiger partial charge on any atom is 0.305 e. The van der Waals surface area contributed by atoms with Gasteiger partial charge in [-0.25, -0.2) is 0 Å². The number of esters is 1. The molecule has 0 saturated heterocycles. The number of unbranched alkanes of at least 4 members (excludes halogenated alkanes) is 4. The van der Waals surface area contributed by atoms with Gasteiger partial charge in [0.2, 0.25) is 0 Å². The molecule has 1 rings (SSSR count). The summed E-state index contributed by atoms with van der Waals surface area (Å²) in [6.07, 6.45) is 7.63. The van der Waals surface area contributed by atoms with E-state index in [-0.39, 0.29) is 18.2 Å². The molecule has 0 amide bonds. The molecule has 1 aliphatic carbocycles. The van der Waals surface area contributed by atoms with Crippen molar-refractivity contribution >= 4 is 11.8 Å². The Hall–Kier alpha value is -1.16. The number of methoxy groups -OCH3 is 1. The van der Waals surface area contributed by atoms with Gasteiger partial charge in [-0.1, -0.05) is 19.3 Å². The predicted octanol–water partition coefficient (Wildman–Crippen LogP) is 2.15. The van der Waals surface area contributed by atoms with Crippen LogP contribution in [0.5, 0.6) is 0 Å². The summed E-state index contributed by atoms with van der Waals surface area (Å²) >= 11 is 0. The van der Waals surface area contributed by atoms with E-state index in [2.05, 4.69) is 4.74 Å². The standard InChI is InChI=1S/C14H22O4/c1-18-14(17)8-6-4-2-3-5-7-11-9-12(15)10-13(11)16/h9,12,15H,2-8,10H2,1H3/t12-/m1/s1. The molecule has 0 saturated carbocycles. The lowest BCUT2D eigenvalue weighted by Crippen LogP contribution is -2.01. The third-order valence-corrected chi connectivity index (χ3v) is 3.20. The van der Waals surface area contributed by atoms with Crippen LogP contribution in [0, 0.1) is 0 Å². The van der Waals surface area contributed by atoms with Crippen molar-refractivity contribution in [3.8, 4) is 0 Å². The van der Waals surface area contributed by atoms with Crippen molar-refractivity contribution in [3.63, 3.8) is 0 Å². The summed E-state index contributed by atoms with van der Waals surface area (Å²) in [5, 5.41) is 9.28. The summed E-state index contributed by atoms with van der Waals surface area (Å²) in [7, 11) is 1.41. The van der Waals surface area contributed by atoms with Crippen molar-refractivity contribution in [2.45, 2.75) is 57.5 Å². The van der Waals surface area contributed by atoms with Gasteiger partial charge >= 0.3 is 5.97 Å². The molecule has 0 aliphatic heterocycles. The Morgan fingerprint density at radius 2 is 2.00 bits per heavy atom. The number of allylic oxidation sites excluding steroid dienone is 1. The Morgan fingerprint density at radius 3 is 2.61 bits per heavy atom. The Morgan fingerprint density at radius 1 is 1.33 bits per heavy atom. The van der Waals surface area contributed by atoms with E-state index in [1.165, 1.54) is 7.11 Å². The molecule has 0 spiro atoms. The molecule has 0 radical (unpaired) electrons. The zero-order valence-corrected chi connectivity index (χ0v) is 11.0. The zero-order chi connectivity index (χ0) is 13.4. The van der Waals surface area contributed by atoms with Crippen LogP contribution in [-0.4, -0.2) is 30.1 Å². The summed E-state index contributed by atoms with van der Waals surface area (Å²) in [5.74, 6) is -0.0566. The number of hydrogen-bond donors (Lipinski definition) is 1. The van der Waals surface area contributed by atoms with Gasteiger partial charge in [-0.05, 0) is 30.9 Å². The molecule has 0 aromatic heterocycles. The molecule has 0 unspecified atom stereocenters. The van der Waals surface area contributed by atoms with Crippen molar-refractivity contribution in [2.75, 3.05) is 7.11 Å². The number of ketones is 1. The molecule has 0 heterocycles. The average Bonchev–Trinajstić information content (AvgIpc) is 2.66. The lowest BCUT2D eigenvalue weighted by Gasteiger charge is -2.02. The molecule has 102 valence electrons. The number of aliphatic hydroxyl groups is 1. The van der Waals surface area contributed by atoms with Crippen molar-refractivity contribution in [1.82, 2.24) is 0 Å². The Balaban J connectivity index is 1.98. The first kappa shape index (κ1) is 14.9.